The van der Waals surface area contributed by atoms with Crippen LogP contribution in [-0.4, -0.2) is 23.8 Å². The van der Waals surface area contributed by atoms with Gasteiger partial charge in [0.15, 0.2) is 6.10 Å². The van der Waals surface area contributed by atoms with E-state index in [-0.39, 0.29) is 25.3 Å². The van der Waals surface area contributed by atoms with E-state index in [9.17, 15) is 14.3 Å². The number of hydrogen-bond acceptors (Lipinski definition) is 4. The Hall–Kier alpha value is -2.24. The summed E-state index contributed by atoms with van der Waals surface area (Å²) >= 11 is 0. The van der Waals surface area contributed by atoms with E-state index >= 15 is 0 Å². The summed E-state index contributed by atoms with van der Waals surface area (Å²) in [7, 11) is 0. The summed E-state index contributed by atoms with van der Waals surface area (Å²) in [5.74, 6) is -0.844. The van der Waals surface area contributed by atoms with Crippen LogP contribution in [0.2, 0.25) is 0 Å². The number of aliphatic hydroxyl groups is 1. The Kier molecular flexibility index (Phi) is 5.16. The van der Waals surface area contributed by atoms with E-state index in [0.29, 0.717) is 5.56 Å². The van der Waals surface area contributed by atoms with Crippen LogP contribution in [0.1, 0.15) is 37.0 Å². The third kappa shape index (κ3) is 3.89. The van der Waals surface area contributed by atoms with Gasteiger partial charge in [0.05, 0.1) is 18.3 Å². The van der Waals surface area contributed by atoms with Gasteiger partial charge in [0.25, 0.3) is 0 Å². The van der Waals surface area contributed by atoms with Crippen molar-refractivity contribution < 1.29 is 23.8 Å². The van der Waals surface area contributed by atoms with Crippen molar-refractivity contribution in [3.8, 4) is 0 Å². The van der Waals surface area contributed by atoms with Crippen molar-refractivity contribution in [3.63, 3.8) is 0 Å². The number of rotatable bonds is 4. The molecular weight excluding hydrogens is 323 g/mol. The molecule has 1 saturated heterocycles. The summed E-state index contributed by atoms with van der Waals surface area (Å²) in [4.78, 5) is 12.2. The fourth-order valence-electron chi connectivity index (χ4n) is 3.22. The molecule has 0 aliphatic carbocycles. The van der Waals surface area contributed by atoms with Gasteiger partial charge in [0.1, 0.15) is 5.82 Å². The monoisotopic (exact) mass is 344 g/mol. The summed E-state index contributed by atoms with van der Waals surface area (Å²) in [5, 5.41) is 11.3. The highest BCUT2D eigenvalue weighted by molar-refractivity contribution is 5.75. The summed E-state index contributed by atoms with van der Waals surface area (Å²) in [6, 6.07) is 15.1. The third-order valence-corrected chi connectivity index (χ3v) is 4.48. The normalized spacial score (nSPS) is 26.2. The predicted octanol–water partition coefficient (Wildman–Crippen LogP) is 3.50. The Bertz CT molecular complexity index is 716. The molecule has 1 heterocycles. The van der Waals surface area contributed by atoms with Crippen LogP contribution in [0.5, 0.6) is 0 Å². The average Bonchev–Trinajstić information content (AvgIpc) is 2.63. The Morgan fingerprint density at radius 3 is 2.52 bits per heavy atom. The number of carbonyl (C=O) groups excluding carboxylic acids is 1. The second-order valence-electron chi connectivity index (χ2n) is 6.22. The SMILES string of the molecule is CCOC(=O)[C@@H]1C[C@](O)(c2ccccc2)C[C@H](c2ccc(F)cc2)O1. The largest absolute Gasteiger partial charge is 0.464 e. The molecule has 5 heteroatoms. The van der Waals surface area contributed by atoms with Crippen LogP contribution in [0.25, 0.3) is 0 Å². The average molecular weight is 344 g/mol. The minimum absolute atomic E-state index is 0.119. The topological polar surface area (TPSA) is 55.8 Å². The molecule has 0 saturated carbocycles. The quantitative estimate of drug-likeness (QED) is 0.863. The van der Waals surface area contributed by atoms with Crippen LogP contribution in [0.3, 0.4) is 0 Å². The molecule has 1 aliphatic rings. The van der Waals surface area contributed by atoms with E-state index in [1.165, 1.54) is 12.1 Å². The highest BCUT2D eigenvalue weighted by Gasteiger charge is 2.44. The lowest BCUT2D eigenvalue weighted by Crippen LogP contribution is -2.44. The van der Waals surface area contributed by atoms with Crippen LogP contribution < -0.4 is 0 Å². The molecule has 0 radical (unpaired) electrons. The van der Waals surface area contributed by atoms with E-state index in [1.54, 1.807) is 19.1 Å². The van der Waals surface area contributed by atoms with Gasteiger partial charge in [-0.2, -0.15) is 0 Å². The molecule has 3 atom stereocenters. The van der Waals surface area contributed by atoms with Gasteiger partial charge in [-0.05, 0) is 30.2 Å². The predicted molar refractivity (Wildman–Crippen MR) is 90.2 cm³/mol. The fraction of sp³-hybridized carbons (Fsp3) is 0.350. The van der Waals surface area contributed by atoms with E-state index < -0.39 is 23.8 Å². The number of benzene rings is 2. The van der Waals surface area contributed by atoms with Crippen LogP contribution in [-0.2, 0) is 19.9 Å². The zero-order valence-corrected chi connectivity index (χ0v) is 14.0. The van der Waals surface area contributed by atoms with Gasteiger partial charge in [0, 0.05) is 12.8 Å². The number of carbonyl (C=O) groups is 1. The van der Waals surface area contributed by atoms with Gasteiger partial charge in [-0.15, -0.1) is 0 Å². The summed E-state index contributed by atoms with van der Waals surface area (Å²) in [6.07, 6.45) is -1.02. The first kappa shape index (κ1) is 17.6. The molecule has 0 bridgehead atoms. The minimum atomic E-state index is -1.23. The molecule has 0 aromatic heterocycles. The van der Waals surface area contributed by atoms with E-state index in [0.717, 1.165) is 5.56 Å². The van der Waals surface area contributed by atoms with Gasteiger partial charge in [-0.1, -0.05) is 42.5 Å². The van der Waals surface area contributed by atoms with Crippen molar-refractivity contribution in [2.75, 3.05) is 6.61 Å². The van der Waals surface area contributed by atoms with Crippen molar-refractivity contribution >= 4 is 5.97 Å². The molecule has 0 unspecified atom stereocenters. The Labute approximate surface area is 146 Å². The number of halogens is 1. The lowest BCUT2D eigenvalue weighted by Gasteiger charge is -2.40. The molecule has 1 aliphatic heterocycles. The molecule has 1 N–H and O–H groups in total. The van der Waals surface area contributed by atoms with Crippen LogP contribution in [0, 0.1) is 5.82 Å². The summed E-state index contributed by atoms with van der Waals surface area (Å²) < 4.78 is 24.2. The third-order valence-electron chi connectivity index (χ3n) is 4.48. The van der Waals surface area contributed by atoms with E-state index in [2.05, 4.69) is 0 Å². The van der Waals surface area contributed by atoms with Crippen molar-refractivity contribution in [3.05, 3.63) is 71.5 Å². The second kappa shape index (κ2) is 7.33. The van der Waals surface area contributed by atoms with Crippen LogP contribution in [0.15, 0.2) is 54.6 Å². The maximum absolute atomic E-state index is 13.2. The molecule has 0 amide bonds. The maximum Gasteiger partial charge on any atom is 0.335 e. The van der Waals surface area contributed by atoms with Gasteiger partial charge in [-0.3, -0.25) is 0 Å². The zero-order valence-electron chi connectivity index (χ0n) is 14.0. The standard InChI is InChI=1S/C20H21FO4/c1-2-24-19(22)18-13-20(23,15-6-4-3-5-7-15)12-17(25-18)14-8-10-16(21)11-9-14/h3-11,17-18,23H,2,12-13H2,1H3/t17-,18+,20+/m1/s1. The maximum atomic E-state index is 13.2. The first-order valence-electron chi connectivity index (χ1n) is 8.37. The highest BCUT2D eigenvalue weighted by atomic mass is 19.1. The molecular formula is C20H21FO4. The molecule has 4 nitrogen and oxygen atoms in total. The lowest BCUT2D eigenvalue weighted by atomic mass is 9.79. The van der Waals surface area contributed by atoms with Crippen LogP contribution in [0.4, 0.5) is 4.39 Å². The van der Waals surface area contributed by atoms with Gasteiger partial charge in [0.2, 0.25) is 0 Å². The lowest BCUT2D eigenvalue weighted by molar-refractivity contribution is -0.187. The molecule has 0 spiro atoms. The Morgan fingerprint density at radius 1 is 1.20 bits per heavy atom. The molecule has 1 fully saturated rings. The number of esters is 1. The zero-order chi connectivity index (χ0) is 17.9. The first-order valence-corrected chi connectivity index (χ1v) is 8.37. The smallest absolute Gasteiger partial charge is 0.335 e. The van der Waals surface area contributed by atoms with Crippen molar-refractivity contribution in [1.29, 1.82) is 0 Å². The summed E-state index contributed by atoms with van der Waals surface area (Å²) in [6.45, 7) is 1.96. The van der Waals surface area contributed by atoms with Crippen molar-refractivity contribution in [1.82, 2.24) is 0 Å². The molecule has 2 aromatic rings. The molecule has 25 heavy (non-hydrogen) atoms. The van der Waals surface area contributed by atoms with Gasteiger partial charge < -0.3 is 14.6 Å². The highest BCUT2D eigenvalue weighted by Crippen LogP contribution is 2.43. The first-order chi connectivity index (χ1) is 12.0. The molecule has 2 aromatic carbocycles. The van der Waals surface area contributed by atoms with Crippen LogP contribution >= 0.6 is 0 Å². The number of hydrogen-bond donors (Lipinski definition) is 1. The fourth-order valence-corrected chi connectivity index (χ4v) is 3.22. The van der Waals surface area contributed by atoms with Gasteiger partial charge >= 0.3 is 5.97 Å². The minimum Gasteiger partial charge on any atom is -0.464 e. The van der Waals surface area contributed by atoms with E-state index in [1.807, 2.05) is 30.3 Å². The molecule has 3 rings (SSSR count). The van der Waals surface area contributed by atoms with Gasteiger partial charge in [-0.25, -0.2) is 9.18 Å². The number of ether oxygens (including phenoxy) is 2. The van der Waals surface area contributed by atoms with E-state index in [4.69, 9.17) is 9.47 Å². The van der Waals surface area contributed by atoms with Crippen molar-refractivity contribution in [2.24, 2.45) is 0 Å². The second-order valence-corrected chi connectivity index (χ2v) is 6.22. The molecule has 132 valence electrons. The van der Waals surface area contributed by atoms with Crippen molar-refractivity contribution in [2.45, 2.75) is 37.6 Å². The Morgan fingerprint density at radius 2 is 1.88 bits per heavy atom. The summed E-state index contributed by atoms with van der Waals surface area (Å²) in [5.41, 5.74) is 0.208. The Balaban J connectivity index is 1.93.